The molecular weight excluding hydrogens is 346 g/mol. The van der Waals surface area contributed by atoms with Crippen LogP contribution in [0.2, 0.25) is 5.02 Å². The Hall–Kier alpha value is -2.34. The van der Waals surface area contributed by atoms with Crippen molar-refractivity contribution >= 4 is 22.9 Å². The summed E-state index contributed by atoms with van der Waals surface area (Å²) in [7, 11) is 0. The fourth-order valence-corrected chi connectivity index (χ4v) is 5.99. The van der Waals surface area contributed by atoms with E-state index in [1.54, 1.807) is 17.5 Å². The maximum absolute atomic E-state index is 6.39. The lowest BCUT2D eigenvalue weighted by Gasteiger charge is -2.34. The molecule has 0 fully saturated rings. The van der Waals surface area contributed by atoms with Crippen LogP contribution < -0.4 is 0 Å². The van der Waals surface area contributed by atoms with Gasteiger partial charge in [0.25, 0.3) is 0 Å². The quantitative estimate of drug-likeness (QED) is 0.514. The lowest BCUT2D eigenvalue weighted by atomic mass is 9.66. The number of pyridine rings is 1. The minimum absolute atomic E-state index is 0.262. The second kappa shape index (κ2) is 4.64. The van der Waals surface area contributed by atoms with Crippen LogP contribution in [0.5, 0.6) is 0 Å². The largest absolute Gasteiger partial charge is 0.253 e. The topological polar surface area (TPSA) is 12.9 Å². The van der Waals surface area contributed by atoms with Gasteiger partial charge in [0.2, 0.25) is 0 Å². The van der Waals surface area contributed by atoms with Crippen molar-refractivity contribution in [1.82, 2.24) is 4.98 Å². The van der Waals surface area contributed by atoms with Crippen LogP contribution >= 0.6 is 22.9 Å². The van der Waals surface area contributed by atoms with Gasteiger partial charge in [-0.25, -0.2) is 0 Å². The first-order valence-electron chi connectivity index (χ1n) is 8.35. The number of rotatable bonds is 0. The minimum Gasteiger partial charge on any atom is -0.253 e. The van der Waals surface area contributed by atoms with Gasteiger partial charge in [0, 0.05) is 23.6 Å². The van der Waals surface area contributed by atoms with Crippen LogP contribution in [0.25, 0.3) is 10.6 Å². The van der Waals surface area contributed by atoms with Gasteiger partial charge in [-0.15, -0.1) is 0 Å². The van der Waals surface area contributed by atoms with Crippen molar-refractivity contribution in [3.63, 3.8) is 0 Å². The summed E-state index contributed by atoms with van der Waals surface area (Å²) in [5.41, 5.74) is 5.95. The molecule has 0 aliphatic heterocycles. The minimum atomic E-state index is -0.262. The SMILES string of the molecule is Clc1cnc2c(c1)C1(c3c#csc3-2)c2ccccc2C2C=CC=CC21. The molecule has 2 heterocycles. The van der Waals surface area contributed by atoms with E-state index < -0.39 is 0 Å². The third-order valence-corrected chi connectivity index (χ3v) is 6.84. The molecule has 0 saturated carbocycles. The van der Waals surface area contributed by atoms with Gasteiger partial charge in [-0.3, -0.25) is 4.98 Å². The Morgan fingerprint density at radius 2 is 2.00 bits per heavy atom. The third-order valence-electron chi connectivity index (χ3n) is 5.82. The molecule has 3 atom stereocenters. The summed E-state index contributed by atoms with van der Waals surface area (Å²) < 4.78 is 0. The fourth-order valence-electron chi connectivity index (χ4n) is 5.01. The maximum atomic E-state index is 6.39. The molecule has 3 heteroatoms. The van der Waals surface area contributed by atoms with Gasteiger partial charge < -0.3 is 0 Å². The van der Waals surface area contributed by atoms with Gasteiger partial charge in [-0.2, -0.15) is 0 Å². The molecule has 0 amide bonds. The van der Waals surface area contributed by atoms with E-state index in [0.29, 0.717) is 16.9 Å². The molecule has 0 bridgehead atoms. The molecule has 1 spiro atoms. The second-order valence-corrected chi connectivity index (χ2v) is 8.05. The number of benzene rings is 1. The molecule has 0 radical (unpaired) electrons. The van der Waals surface area contributed by atoms with Crippen LogP contribution in [0.4, 0.5) is 0 Å². The van der Waals surface area contributed by atoms with Crippen molar-refractivity contribution in [2.45, 2.75) is 11.3 Å². The van der Waals surface area contributed by atoms with Crippen LogP contribution in [-0.2, 0) is 5.41 Å². The molecule has 3 aliphatic rings. The first kappa shape index (κ1) is 13.9. The Morgan fingerprint density at radius 1 is 1.12 bits per heavy atom. The van der Waals surface area contributed by atoms with Crippen LogP contribution in [0.3, 0.4) is 0 Å². The van der Waals surface area contributed by atoms with Gasteiger partial charge in [0.05, 0.1) is 21.0 Å². The first-order valence-corrected chi connectivity index (χ1v) is 9.54. The Bertz CT molecular complexity index is 1090. The lowest BCUT2D eigenvalue weighted by molar-refractivity contribution is 0.465. The summed E-state index contributed by atoms with van der Waals surface area (Å²) in [5.74, 6) is 0.682. The van der Waals surface area contributed by atoms with Crippen molar-refractivity contribution in [3.8, 4) is 10.6 Å². The summed E-state index contributed by atoms with van der Waals surface area (Å²) in [4.78, 5) is 5.88. The standard InChI is InChI=1S/C22H12ClNS/c23-13-11-19-20(24-12-13)21-18(9-10-25-21)22(19)16-7-3-1-5-14(16)15-6-2-4-8-17(15)22/h1-8,11-12,14,16H. The molecular formula is C22H12ClNS. The number of fused-ring (bicyclic) bond motifs is 10. The predicted molar refractivity (Wildman–Crippen MR) is 101 cm³/mol. The Balaban J connectivity index is 1.80. The monoisotopic (exact) mass is 357 g/mol. The highest BCUT2D eigenvalue weighted by molar-refractivity contribution is 7.12. The van der Waals surface area contributed by atoms with Gasteiger partial charge in [-0.1, -0.05) is 77.6 Å². The van der Waals surface area contributed by atoms with E-state index >= 15 is 0 Å². The number of nitrogens with zero attached hydrogens (tertiary/aromatic N) is 1. The highest BCUT2D eigenvalue weighted by atomic mass is 35.5. The molecule has 0 N–H and O–H groups in total. The van der Waals surface area contributed by atoms with Gasteiger partial charge in [0.15, 0.2) is 0 Å². The van der Waals surface area contributed by atoms with Crippen molar-refractivity contribution in [3.05, 3.63) is 99.6 Å². The molecule has 6 rings (SSSR count). The fraction of sp³-hybridized carbons (Fsp3) is 0.136. The Morgan fingerprint density at radius 3 is 2.96 bits per heavy atom. The maximum Gasteiger partial charge on any atom is 0.0864 e. The molecule has 1 aromatic carbocycles. The van der Waals surface area contributed by atoms with Crippen molar-refractivity contribution in [1.29, 1.82) is 0 Å². The third kappa shape index (κ3) is 1.50. The smallest absolute Gasteiger partial charge is 0.0864 e. The van der Waals surface area contributed by atoms with E-state index in [9.17, 15) is 0 Å². The van der Waals surface area contributed by atoms with Crippen molar-refractivity contribution < 1.29 is 0 Å². The summed E-state index contributed by atoms with van der Waals surface area (Å²) in [5, 5.41) is 3.92. The molecule has 3 aromatic rings. The van der Waals surface area contributed by atoms with E-state index in [4.69, 9.17) is 16.6 Å². The summed E-state index contributed by atoms with van der Waals surface area (Å²) in [6.45, 7) is 0. The molecule has 0 saturated heterocycles. The average molecular weight is 358 g/mol. The molecule has 118 valence electrons. The zero-order valence-electron chi connectivity index (χ0n) is 13.2. The molecule has 2 aromatic heterocycles. The van der Waals surface area contributed by atoms with Crippen molar-refractivity contribution in [2.24, 2.45) is 5.92 Å². The van der Waals surface area contributed by atoms with Gasteiger partial charge in [0.1, 0.15) is 0 Å². The number of aromatic nitrogens is 1. The summed E-state index contributed by atoms with van der Waals surface area (Å²) in [6.07, 6.45) is 10.7. The Labute approximate surface area is 155 Å². The normalized spacial score (nSPS) is 26.9. The number of hydrogen-bond donors (Lipinski definition) is 0. The van der Waals surface area contributed by atoms with Gasteiger partial charge >= 0.3 is 0 Å². The second-order valence-electron chi connectivity index (χ2n) is 6.80. The number of hydrogen-bond acceptors (Lipinski definition) is 2. The van der Waals surface area contributed by atoms with E-state index in [0.717, 1.165) is 5.69 Å². The highest BCUT2D eigenvalue weighted by Crippen LogP contribution is 2.65. The van der Waals surface area contributed by atoms with E-state index in [2.05, 4.69) is 66.1 Å². The Kier molecular flexibility index (Phi) is 2.58. The van der Waals surface area contributed by atoms with Crippen LogP contribution in [0, 0.1) is 17.4 Å². The van der Waals surface area contributed by atoms with E-state index in [1.807, 2.05) is 0 Å². The van der Waals surface area contributed by atoms with E-state index in [1.165, 1.54) is 27.1 Å². The zero-order chi connectivity index (χ0) is 16.6. The first-order chi connectivity index (χ1) is 12.3. The summed E-state index contributed by atoms with van der Waals surface area (Å²) in [6, 6.07) is 14.3. The molecule has 25 heavy (non-hydrogen) atoms. The average Bonchev–Trinajstić information content (AvgIpc) is 3.29. The van der Waals surface area contributed by atoms with Crippen LogP contribution in [-0.4, -0.2) is 4.98 Å². The molecule has 3 unspecified atom stereocenters. The van der Waals surface area contributed by atoms with Crippen molar-refractivity contribution in [2.75, 3.05) is 0 Å². The lowest BCUT2D eigenvalue weighted by Crippen LogP contribution is -2.32. The summed E-state index contributed by atoms with van der Waals surface area (Å²) >= 11 is 8.00. The molecule has 1 nitrogen and oxygen atoms in total. The zero-order valence-corrected chi connectivity index (χ0v) is 14.7. The number of halogens is 1. The highest BCUT2D eigenvalue weighted by Gasteiger charge is 2.58. The predicted octanol–water partition coefficient (Wildman–Crippen LogP) is 5.55. The molecule has 3 aliphatic carbocycles. The number of allylic oxidation sites excluding steroid dienone is 4. The van der Waals surface area contributed by atoms with E-state index in [-0.39, 0.29) is 5.41 Å². The van der Waals surface area contributed by atoms with Gasteiger partial charge in [-0.05, 0) is 28.1 Å². The van der Waals surface area contributed by atoms with Crippen LogP contribution in [0.15, 0.2) is 60.8 Å². The van der Waals surface area contributed by atoms with Crippen LogP contribution in [0.1, 0.15) is 28.2 Å².